The normalized spacial score (nSPS) is 11.7. The Balaban J connectivity index is 2.02. The van der Waals surface area contributed by atoms with E-state index in [-0.39, 0.29) is 18.1 Å². The van der Waals surface area contributed by atoms with Gasteiger partial charge in [-0.3, -0.25) is 0 Å². The van der Waals surface area contributed by atoms with E-state index in [0.29, 0.717) is 5.56 Å². The van der Waals surface area contributed by atoms with Gasteiger partial charge in [-0.05, 0) is 23.3 Å². The van der Waals surface area contributed by atoms with Gasteiger partial charge < -0.3 is 19.7 Å². The van der Waals surface area contributed by atoms with E-state index in [1.807, 2.05) is 30.3 Å². The number of aliphatic hydroxyl groups excluding tert-OH is 1. The summed E-state index contributed by atoms with van der Waals surface area (Å²) in [6.07, 6.45) is -1.43. The Morgan fingerprint density at radius 3 is 2.57 bits per heavy atom. The van der Waals surface area contributed by atoms with Crippen molar-refractivity contribution in [2.45, 2.75) is 12.7 Å². The van der Waals surface area contributed by atoms with Crippen LogP contribution in [0.25, 0.3) is 0 Å². The molecule has 1 atom stereocenters. The summed E-state index contributed by atoms with van der Waals surface area (Å²) in [5.41, 5.74) is 1.13. The zero-order valence-corrected chi connectivity index (χ0v) is 11.5. The van der Waals surface area contributed by atoms with E-state index in [0.717, 1.165) is 5.56 Å². The number of phenols is 1. The van der Waals surface area contributed by atoms with Crippen LogP contribution in [-0.2, 0) is 16.1 Å². The number of rotatable bonds is 5. The fourth-order valence-corrected chi connectivity index (χ4v) is 1.81. The highest BCUT2D eigenvalue weighted by molar-refractivity contribution is 5.76. The standard InChI is InChI=1S/C16H16O5/c1-20-14-9-12(7-8-13(14)17)15(18)16(19)21-10-11-5-3-2-4-6-11/h2-9,15,17-18H,10H2,1H3. The maximum absolute atomic E-state index is 11.8. The van der Waals surface area contributed by atoms with E-state index in [4.69, 9.17) is 9.47 Å². The van der Waals surface area contributed by atoms with Crippen LogP contribution in [0.4, 0.5) is 0 Å². The summed E-state index contributed by atoms with van der Waals surface area (Å²) in [4.78, 5) is 11.8. The van der Waals surface area contributed by atoms with Crippen molar-refractivity contribution in [3.8, 4) is 11.5 Å². The van der Waals surface area contributed by atoms with Crippen LogP contribution in [-0.4, -0.2) is 23.3 Å². The van der Waals surface area contributed by atoms with Crippen molar-refractivity contribution >= 4 is 5.97 Å². The second kappa shape index (κ2) is 6.76. The first-order valence-corrected chi connectivity index (χ1v) is 6.37. The monoisotopic (exact) mass is 288 g/mol. The van der Waals surface area contributed by atoms with Crippen molar-refractivity contribution < 1.29 is 24.5 Å². The average molecular weight is 288 g/mol. The predicted molar refractivity (Wildman–Crippen MR) is 75.9 cm³/mol. The fraction of sp³-hybridized carbons (Fsp3) is 0.188. The van der Waals surface area contributed by atoms with Crippen LogP contribution in [0.15, 0.2) is 48.5 Å². The molecule has 0 spiro atoms. The number of carbonyl (C=O) groups excluding carboxylic acids is 1. The number of hydrogen-bond donors (Lipinski definition) is 2. The number of hydrogen-bond acceptors (Lipinski definition) is 5. The van der Waals surface area contributed by atoms with Crippen LogP contribution in [0.1, 0.15) is 17.2 Å². The largest absolute Gasteiger partial charge is 0.504 e. The molecule has 0 aliphatic carbocycles. The van der Waals surface area contributed by atoms with E-state index in [1.54, 1.807) is 0 Å². The smallest absolute Gasteiger partial charge is 0.339 e. The van der Waals surface area contributed by atoms with Gasteiger partial charge in [0.05, 0.1) is 7.11 Å². The number of ether oxygens (including phenoxy) is 2. The minimum absolute atomic E-state index is 0.0638. The molecular formula is C16H16O5. The summed E-state index contributed by atoms with van der Waals surface area (Å²) in [5.74, 6) is -0.639. The van der Waals surface area contributed by atoms with Crippen molar-refractivity contribution in [2.24, 2.45) is 0 Å². The molecule has 0 bridgehead atoms. The van der Waals surface area contributed by atoms with Crippen LogP contribution in [0.5, 0.6) is 11.5 Å². The minimum atomic E-state index is -1.43. The number of methoxy groups -OCH3 is 1. The Bertz CT molecular complexity index is 609. The fourth-order valence-electron chi connectivity index (χ4n) is 1.81. The summed E-state index contributed by atoms with van der Waals surface area (Å²) in [6, 6.07) is 13.4. The highest BCUT2D eigenvalue weighted by Crippen LogP contribution is 2.29. The van der Waals surface area contributed by atoms with Gasteiger partial charge in [-0.25, -0.2) is 4.79 Å². The summed E-state index contributed by atoms with van der Waals surface area (Å²) < 4.78 is 9.99. The van der Waals surface area contributed by atoms with Crippen molar-refractivity contribution in [3.05, 3.63) is 59.7 Å². The molecule has 2 rings (SSSR count). The molecule has 0 saturated heterocycles. The van der Waals surface area contributed by atoms with E-state index >= 15 is 0 Å². The summed E-state index contributed by atoms with van der Waals surface area (Å²) >= 11 is 0. The molecule has 2 N–H and O–H groups in total. The highest BCUT2D eigenvalue weighted by atomic mass is 16.5. The second-order valence-corrected chi connectivity index (χ2v) is 4.43. The molecule has 0 heterocycles. The van der Waals surface area contributed by atoms with Gasteiger partial charge in [0.15, 0.2) is 17.6 Å². The molecule has 0 saturated carbocycles. The lowest BCUT2D eigenvalue weighted by Gasteiger charge is -2.12. The lowest BCUT2D eigenvalue weighted by atomic mass is 10.1. The number of carbonyl (C=O) groups is 1. The van der Waals surface area contributed by atoms with E-state index < -0.39 is 12.1 Å². The molecule has 0 radical (unpaired) electrons. The van der Waals surface area contributed by atoms with Gasteiger partial charge in [0.25, 0.3) is 0 Å². The lowest BCUT2D eigenvalue weighted by molar-refractivity contribution is -0.155. The molecule has 5 heteroatoms. The van der Waals surface area contributed by atoms with E-state index in [2.05, 4.69) is 0 Å². The third kappa shape index (κ3) is 3.73. The lowest BCUT2D eigenvalue weighted by Crippen LogP contribution is -2.15. The zero-order chi connectivity index (χ0) is 15.2. The molecule has 0 aromatic heterocycles. The second-order valence-electron chi connectivity index (χ2n) is 4.43. The molecule has 0 aliphatic rings. The van der Waals surface area contributed by atoms with Crippen molar-refractivity contribution in [1.29, 1.82) is 0 Å². The molecule has 110 valence electrons. The maximum atomic E-state index is 11.8. The van der Waals surface area contributed by atoms with Gasteiger partial charge in [0.1, 0.15) is 6.61 Å². The summed E-state index contributed by atoms with van der Waals surface area (Å²) in [6.45, 7) is 0.0892. The molecule has 0 aliphatic heterocycles. The minimum Gasteiger partial charge on any atom is -0.504 e. The van der Waals surface area contributed by atoms with E-state index in [1.165, 1.54) is 25.3 Å². The van der Waals surface area contributed by atoms with Crippen molar-refractivity contribution in [2.75, 3.05) is 7.11 Å². The first kappa shape index (κ1) is 14.9. The molecule has 1 unspecified atom stereocenters. The number of benzene rings is 2. The number of esters is 1. The topological polar surface area (TPSA) is 76.0 Å². The molecule has 2 aromatic carbocycles. The number of aliphatic hydroxyl groups is 1. The molecule has 5 nitrogen and oxygen atoms in total. The van der Waals surface area contributed by atoms with Gasteiger partial charge in [-0.1, -0.05) is 36.4 Å². The zero-order valence-electron chi connectivity index (χ0n) is 11.5. The molecule has 21 heavy (non-hydrogen) atoms. The Labute approximate surface area is 122 Å². The van der Waals surface area contributed by atoms with Crippen LogP contribution >= 0.6 is 0 Å². The molecular weight excluding hydrogens is 272 g/mol. The molecule has 0 fully saturated rings. The third-order valence-corrected chi connectivity index (χ3v) is 2.97. The van der Waals surface area contributed by atoms with Crippen LogP contribution in [0.3, 0.4) is 0 Å². The average Bonchev–Trinajstić information content (AvgIpc) is 2.53. The van der Waals surface area contributed by atoms with Gasteiger partial charge in [-0.2, -0.15) is 0 Å². The SMILES string of the molecule is COc1cc(C(O)C(=O)OCc2ccccc2)ccc1O. The van der Waals surface area contributed by atoms with Crippen molar-refractivity contribution in [3.63, 3.8) is 0 Å². The molecule has 2 aromatic rings. The molecule has 0 amide bonds. The summed E-state index contributed by atoms with van der Waals surface area (Å²) in [7, 11) is 1.39. The predicted octanol–water partition coefficient (Wildman–Crippen LogP) is 2.18. The van der Waals surface area contributed by atoms with E-state index in [9.17, 15) is 15.0 Å². The first-order valence-electron chi connectivity index (χ1n) is 6.37. The number of aromatic hydroxyl groups is 1. The first-order chi connectivity index (χ1) is 10.1. The summed E-state index contributed by atoms with van der Waals surface area (Å²) in [5, 5.41) is 19.5. The van der Waals surface area contributed by atoms with Gasteiger partial charge in [0, 0.05) is 0 Å². The highest BCUT2D eigenvalue weighted by Gasteiger charge is 2.20. The Morgan fingerprint density at radius 1 is 1.19 bits per heavy atom. The quantitative estimate of drug-likeness (QED) is 0.825. The van der Waals surface area contributed by atoms with Crippen molar-refractivity contribution in [1.82, 2.24) is 0 Å². The Kier molecular flexibility index (Phi) is 4.79. The third-order valence-electron chi connectivity index (χ3n) is 2.97. The number of phenolic OH excluding ortho intramolecular Hbond substituents is 1. The van der Waals surface area contributed by atoms with Gasteiger partial charge in [-0.15, -0.1) is 0 Å². The Morgan fingerprint density at radius 2 is 1.90 bits per heavy atom. The van der Waals surface area contributed by atoms with Crippen LogP contribution in [0, 0.1) is 0 Å². The Hall–Kier alpha value is -2.53. The van der Waals surface area contributed by atoms with Crippen LogP contribution in [0.2, 0.25) is 0 Å². The van der Waals surface area contributed by atoms with Gasteiger partial charge in [0.2, 0.25) is 0 Å². The van der Waals surface area contributed by atoms with Gasteiger partial charge >= 0.3 is 5.97 Å². The van der Waals surface area contributed by atoms with Crippen LogP contribution < -0.4 is 4.74 Å². The maximum Gasteiger partial charge on any atom is 0.339 e.